The zero-order valence-corrected chi connectivity index (χ0v) is 12.4. The fourth-order valence-electron chi connectivity index (χ4n) is 2.47. The van der Waals surface area contributed by atoms with Crippen LogP contribution < -0.4 is 5.32 Å². The summed E-state index contributed by atoms with van der Waals surface area (Å²) in [5.41, 5.74) is 0.639. The van der Waals surface area contributed by atoms with E-state index in [4.69, 9.17) is 0 Å². The summed E-state index contributed by atoms with van der Waals surface area (Å²) in [7, 11) is 0. The van der Waals surface area contributed by atoms with Crippen LogP contribution in [0.1, 0.15) is 33.8 Å². The summed E-state index contributed by atoms with van der Waals surface area (Å²) in [4.78, 5) is 41.8. The first-order chi connectivity index (χ1) is 11.2. The van der Waals surface area contributed by atoms with Gasteiger partial charge < -0.3 is 10.2 Å². The Morgan fingerprint density at radius 3 is 2.13 bits per heavy atom. The maximum Gasteiger partial charge on any atom is 0.274 e. The van der Waals surface area contributed by atoms with E-state index in [0.29, 0.717) is 37.3 Å². The summed E-state index contributed by atoms with van der Waals surface area (Å²) in [6, 6.07) is 0.0235. The van der Waals surface area contributed by atoms with Gasteiger partial charge in [0.2, 0.25) is 0 Å². The minimum atomic E-state index is -0.239. The Morgan fingerprint density at radius 1 is 0.957 bits per heavy atom. The number of carbonyl (C=O) groups is 2. The van der Waals surface area contributed by atoms with Crippen LogP contribution in [0, 0.1) is 0 Å². The molecule has 23 heavy (non-hydrogen) atoms. The van der Waals surface area contributed by atoms with Crippen LogP contribution in [0.3, 0.4) is 0 Å². The quantitative estimate of drug-likeness (QED) is 0.875. The molecule has 1 aliphatic heterocycles. The van der Waals surface area contributed by atoms with Crippen molar-refractivity contribution in [2.75, 3.05) is 13.1 Å². The van der Waals surface area contributed by atoms with E-state index in [0.717, 1.165) is 0 Å². The van der Waals surface area contributed by atoms with Gasteiger partial charge in [-0.3, -0.25) is 19.6 Å². The molecule has 2 amide bonds. The predicted octanol–water partition coefficient (Wildman–Crippen LogP) is 0.301. The Morgan fingerprint density at radius 2 is 1.57 bits per heavy atom. The lowest BCUT2D eigenvalue weighted by Gasteiger charge is -2.32. The summed E-state index contributed by atoms with van der Waals surface area (Å²) >= 11 is 0. The molecule has 118 valence electrons. The summed E-state index contributed by atoms with van der Waals surface area (Å²) in [6.07, 6.45) is 10.3. The molecule has 0 aliphatic carbocycles. The molecule has 0 atom stereocenters. The van der Waals surface area contributed by atoms with Crippen molar-refractivity contribution in [3.05, 3.63) is 48.6 Å². The van der Waals surface area contributed by atoms with Crippen molar-refractivity contribution in [1.29, 1.82) is 0 Å². The Kier molecular flexibility index (Phi) is 4.51. The fraction of sp³-hybridized carbons (Fsp3) is 0.333. The number of amides is 2. The minimum absolute atomic E-state index is 0.0235. The van der Waals surface area contributed by atoms with E-state index in [1.54, 1.807) is 4.90 Å². The second-order valence-electron chi connectivity index (χ2n) is 5.22. The molecule has 0 spiro atoms. The van der Waals surface area contributed by atoms with Gasteiger partial charge in [0.15, 0.2) is 0 Å². The van der Waals surface area contributed by atoms with Crippen molar-refractivity contribution < 1.29 is 9.59 Å². The number of hydrogen-bond donors (Lipinski definition) is 1. The molecule has 0 aromatic carbocycles. The lowest BCUT2D eigenvalue weighted by Crippen LogP contribution is -2.46. The van der Waals surface area contributed by atoms with E-state index in [9.17, 15) is 9.59 Å². The second-order valence-corrected chi connectivity index (χ2v) is 5.22. The molecule has 1 aliphatic rings. The van der Waals surface area contributed by atoms with Gasteiger partial charge in [0.05, 0.1) is 12.4 Å². The maximum atomic E-state index is 12.3. The Labute approximate surface area is 133 Å². The maximum absolute atomic E-state index is 12.3. The highest BCUT2D eigenvalue weighted by atomic mass is 16.2. The summed E-state index contributed by atoms with van der Waals surface area (Å²) in [5.74, 6) is -0.367. The van der Waals surface area contributed by atoms with E-state index in [1.165, 1.54) is 37.2 Å². The third-order valence-corrected chi connectivity index (χ3v) is 3.70. The van der Waals surface area contributed by atoms with Gasteiger partial charge >= 0.3 is 0 Å². The average molecular weight is 312 g/mol. The monoisotopic (exact) mass is 312 g/mol. The van der Waals surface area contributed by atoms with E-state index in [2.05, 4.69) is 25.3 Å². The topological polar surface area (TPSA) is 101 Å². The van der Waals surface area contributed by atoms with Crippen molar-refractivity contribution in [2.45, 2.75) is 18.9 Å². The highest BCUT2D eigenvalue weighted by molar-refractivity contribution is 5.92. The van der Waals surface area contributed by atoms with E-state index in [1.807, 2.05) is 0 Å². The van der Waals surface area contributed by atoms with Crippen LogP contribution in [-0.2, 0) is 0 Å². The van der Waals surface area contributed by atoms with Gasteiger partial charge in [-0.25, -0.2) is 9.97 Å². The molecule has 0 saturated carbocycles. The Balaban J connectivity index is 1.53. The molecule has 3 heterocycles. The largest absolute Gasteiger partial charge is 0.348 e. The second kappa shape index (κ2) is 6.91. The first kappa shape index (κ1) is 15.0. The number of hydrogen-bond acceptors (Lipinski definition) is 6. The van der Waals surface area contributed by atoms with Crippen LogP contribution in [0.25, 0.3) is 0 Å². The van der Waals surface area contributed by atoms with Crippen molar-refractivity contribution in [3.63, 3.8) is 0 Å². The zero-order valence-electron chi connectivity index (χ0n) is 12.4. The molecule has 1 fully saturated rings. The number of nitrogens with zero attached hydrogens (tertiary/aromatic N) is 5. The first-order valence-electron chi connectivity index (χ1n) is 7.36. The normalized spacial score (nSPS) is 15.2. The van der Waals surface area contributed by atoms with Crippen LogP contribution in [-0.4, -0.2) is 55.8 Å². The third-order valence-electron chi connectivity index (χ3n) is 3.70. The molecule has 1 N–H and O–H groups in total. The van der Waals surface area contributed by atoms with Crippen LogP contribution in [0.2, 0.25) is 0 Å². The van der Waals surface area contributed by atoms with E-state index in [-0.39, 0.29) is 17.9 Å². The van der Waals surface area contributed by atoms with Gasteiger partial charge in [-0.15, -0.1) is 0 Å². The lowest BCUT2D eigenvalue weighted by molar-refractivity contribution is 0.0691. The number of rotatable bonds is 3. The predicted molar refractivity (Wildman–Crippen MR) is 80.5 cm³/mol. The van der Waals surface area contributed by atoms with E-state index >= 15 is 0 Å². The smallest absolute Gasteiger partial charge is 0.274 e. The van der Waals surface area contributed by atoms with Crippen LogP contribution in [0.5, 0.6) is 0 Å². The first-order valence-corrected chi connectivity index (χ1v) is 7.36. The Hall–Kier alpha value is -2.90. The molecule has 8 nitrogen and oxygen atoms in total. The SMILES string of the molecule is O=C(NC1CCN(C(=O)c2cnccn2)CC1)c1cnccn1. The van der Waals surface area contributed by atoms with Crippen molar-refractivity contribution >= 4 is 11.8 Å². The highest BCUT2D eigenvalue weighted by Crippen LogP contribution is 2.13. The number of likely N-dealkylation sites (tertiary alicyclic amines) is 1. The highest BCUT2D eigenvalue weighted by Gasteiger charge is 2.25. The molecule has 0 radical (unpaired) electrons. The number of carbonyl (C=O) groups excluding carboxylic acids is 2. The van der Waals surface area contributed by atoms with Gasteiger partial charge in [0, 0.05) is 43.9 Å². The van der Waals surface area contributed by atoms with Crippen LogP contribution in [0.4, 0.5) is 0 Å². The molecule has 0 bridgehead atoms. The van der Waals surface area contributed by atoms with Crippen molar-refractivity contribution in [1.82, 2.24) is 30.2 Å². The van der Waals surface area contributed by atoms with Crippen molar-refractivity contribution in [2.24, 2.45) is 0 Å². The lowest BCUT2D eigenvalue weighted by atomic mass is 10.0. The summed E-state index contributed by atoms with van der Waals surface area (Å²) in [5, 5.41) is 2.93. The fourth-order valence-corrected chi connectivity index (χ4v) is 2.47. The summed E-state index contributed by atoms with van der Waals surface area (Å²) in [6.45, 7) is 1.14. The molecule has 8 heteroatoms. The molecule has 0 unspecified atom stereocenters. The zero-order chi connectivity index (χ0) is 16.1. The van der Waals surface area contributed by atoms with Gasteiger partial charge in [0.1, 0.15) is 11.4 Å². The molecular weight excluding hydrogens is 296 g/mol. The molecule has 3 rings (SSSR count). The number of aromatic nitrogens is 4. The van der Waals surface area contributed by atoms with Gasteiger partial charge in [-0.05, 0) is 12.8 Å². The van der Waals surface area contributed by atoms with Crippen molar-refractivity contribution in [3.8, 4) is 0 Å². The van der Waals surface area contributed by atoms with Gasteiger partial charge in [-0.1, -0.05) is 0 Å². The molecule has 1 saturated heterocycles. The molecular formula is C15H16N6O2. The standard InChI is InChI=1S/C15H16N6O2/c22-14(12-9-16-3-5-18-12)20-11-1-7-21(8-2-11)15(23)13-10-17-4-6-19-13/h3-6,9-11H,1-2,7-8H2,(H,20,22). The van der Waals surface area contributed by atoms with E-state index < -0.39 is 0 Å². The number of nitrogens with one attached hydrogen (secondary N) is 1. The molecule has 2 aromatic heterocycles. The Bertz CT molecular complexity index is 671. The number of piperidine rings is 1. The third kappa shape index (κ3) is 3.65. The van der Waals surface area contributed by atoms with Crippen LogP contribution >= 0.6 is 0 Å². The van der Waals surface area contributed by atoms with Gasteiger partial charge in [0.25, 0.3) is 11.8 Å². The summed E-state index contributed by atoms with van der Waals surface area (Å²) < 4.78 is 0. The average Bonchev–Trinajstić information content (AvgIpc) is 2.63. The minimum Gasteiger partial charge on any atom is -0.348 e. The molecule has 2 aromatic rings. The van der Waals surface area contributed by atoms with Crippen LogP contribution in [0.15, 0.2) is 37.2 Å². The van der Waals surface area contributed by atoms with Gasteiger partial charge in [-0.2, -0.15) is 0 Å².